The maximum atomic E-state index is 14.2. The summed E-state index contributed by atoms with van der Waals surface area (Å²) in [6, 6.07) is 6.41. The van der Waals surface area contributed by atoms with Gasteiger partial charge in [0, 0.05) is 22.7 Å². The second-order valence-electron chi connectivity index (χ2n) is 6.92. The highest BCUT2D eigenvalue weighted by atomic mass is 35.5. The fraction of sp³-hybridized carbons (Fsp3) is 0.190. The first-order chi connectivity index (χ1) is 14.5. The number of amides is 1. The van der Waals surface area contributed by atoms with Crippen LogP contribution < -0.4 is 5.32 Å². The predicted octanol–water partition coefficient (Wildman–Crippen LogP) is 4.09. The number of aliphatic carboxylic acids is 1. The zero-order valence-corrected chi connectivity index (χ0v) is 17.9. The largest absolute Gasteiger partial charge is 0.505 e. The third kappa shape index (κ3) is 4.22. The van der Waals surface area contributed by atoms with E-state index in [1.165, 1.54) is 29.7 Å². The highest BCUT2D eigenvalue weighted by Crippen LogP contribution is 2.36. The number of rotatable bonds is 5. The summed E-state index contributed by atoms with van der Waals surface area (Å²) in [6.45, 7) is 2.51. The van der Waals surface area contributed by atoms with Crippen LogP contribution in [-0.2, 0) is 9.59 Å². The van der Waals surface area contributed by atoms with Crippen LogP contribution in [0.3, 0.4) is 0 Å². The molecule has 0 saturated carbocycles. The van der Waals surface area contributed by atoms with E-state index in [0.29, 0.717) is 11.3 Å². The van der Waals surface area contributed by atoms with Crippen LogP contribution >= 0.6 is 23.2 Å². The molecule has 7 nitrogen and oxygen atoms in total. The van der Waals surface area contributed by atoms with E-state index in [4.69, 9.17) is 28.3 Å². The van der Waals surface area contributed by atoms with Crippen molar-refractivity contribution in [3.8, 4) is 5.75 Å². The SMILES string of the molecule is Cc1c(C(C)C(=O)NCC(=O)O)c2cc(O)c(F)cc2n1C(=O)c1ccc(Cl)c(Cl)c1. The van der Waals surface area contributed by atoms with E-state index < -0.39 is 41.8 Å². The maximum Gasteiger partial charge on any atom is 0.322 e. The van der Waals surface area contributed by atoms with E-state index in [0.717, 1.165) is 12.1 Å². The van der Waals surface area contributed by atoms with Crippen molar-refractivity contribution < 1.29 is 29.0 Å². The number of carbonyl (C=O) groups excluding carboxylic acids is 2. The van der Waals surface area contributed by atoms with Crippen molar-refractivity contribution >= 4 is 51.9 Å². The van der Waals surface area contributed by atoms with E-state index in [9.17, 15) is 23.9 Å². The smallest absolute Gasteiger partial charge is 0.322 e. The first kappa shape index (κ1) is 22.6. The Hall–Kier alpha value is -3.10. The lowest BCUT2D eigenvalue weighted by Gasteiger charge is -2.13. The number of carboxylic acids is 1. The van der Waals surface area contributed by atoms with Crippen molar-refractivity contribution in [1.82, 2.24) is 9.88 Å². The van der Waals surface area contributed by atoms with Gasteiger partial charge in [-0.1, -0.05) is 23.2 Å². The minimum atomic E-state index is -1.21. The van der Waals surface area contributed by atoms with E-state index >= 15 is 0 Å². The van der Waals surface area contributed by atoms with Crippen LogP contribution in [0.2, 0.25) is 10.0 Å². The molecule has 1 atom stereocenters. The van der Waals surface area contributed by atoms with Gasteiger partial charge in [-0.15, -0.1) is 0 Å². The molecule has 0 aliphatic heterocycles. The first-order valence-electron chi connectivity index (χ1n) is 9.05. The molecule has 162 valence electrons. The molecule has 3 rings (SSSR count). The van der Waals surface area contributed by atoms with Gasteiger partial charge in [-0.05, 0) is 43.7 Å². The number of benzene rings is 2. The number of phenols is 1. The van der Waals surface area contributed by atoms with E-state index in [2.05, 4.69) is 5.32 Å². The number of nitrogens with zero attached hydrogens (tertiary/aromatic N) is 1. The lowest BCUT2D eigenvalue weighted by atomic mass is 9.97. The van der Waals surface area contributed by atoms with Crippen LogP contribution in [0, 0.1) is 12.7 Å². The fourth-order valence-electron chi connectivity index (χ4n) is 3.46. The topological polar surface area (TPSA) is 109 Å². The molecule has 1 unspecified atom stereocenters. The summed E-state index contributed by atoms with van der Waals surface area (Å²) >= 11 is 11.9. The highest BCUT2D eigenvalue weighted by Gasteiger charge is 2.28. The van der Waals surface area contributed by atoms with Crippen molar-refractivity contribution in [2.45, 2.75) is 19.8 Å². The Morgan fingerprint density at radius 2 is 1.84 bits per heavy atom. The van der Waals surface area contributed by atoms with Gasteiger partial charge in [0.15, 0.2) is 11.6 Å². The molecule has 0 radical (unpaired) electrons. The molecule has 0 spiro atoms. The van der Waals surface area contributed by atoms with Crippen molar-refractivity contribution in [2.24, 2.45) is 0 Å². The van der Waals surface area contributed by atoms with Gasteiger partial charge in [-0.2, -0.15) is 0 Å². The normalized spacial score (nSPS) is 12.0. The van der Waals surface area contributed by atoms with E-state index in [1.807, 2.05) is 0 Å². The summed E-state index contributed by atoms with van der Waals surface area (Å²) in [7, 11) is 0. The van der Waals surface area contributed by atoms with Crippen molar-refractivity contribution in [3.05, 3.63) is 63.0 Å². The molecular formula is C21H17Cl2FN2O5. The van der Waals surface area contributed by atoms with Gasteiger partial charge in [0.25, 0.3) is 5.91 Å². The number of fused-ring (bicyclic) bond motifs is 1. The van der Waals surface area contributed by atoms with Crippen LogP contribution in [0.5, 0.6) is 5.75 Å². The number of hydrogen-bond donors (Lipinski definition) is 3. The molecule has 10 heteroatoms. The number of aromatic nitrogens is 1. The van der Waals surface area contributed by atoms with Crippen LogP contribution in [0.4, 0.5) is 4.39 Å². The molecule has 0 saturated heterocycles. The van der Waals surface area contributed by atoms with Crippen LogP contribution in [-0.4, -0.2) is 39.1 Å². The Morgan fingerprint density at radius 3 is 2.45 bits per heavy atom. The monoisotopic (exact) mass is 466 g/mol. The van der Waals surface area contributed by atoms with Gasteiger partial charge in [0.1, 0.15) is 6.54 Å². The third-order valence-electron chi connectivity index (χ3n) is 4.93. The van der Waals surface area contributed by atoms with Crippen LogP contribution in [0.15, 0.2) is 30.3 Å². The van der Waals surface area contributed by atoms with Gasteiger partial charge < -0.3 is 15.5 Å². The molecule has 1 heterocycles. The van der Waals surface area contributed by atoms with Crippen molar-refractivity contribution in [1.29, 1.82) is 0 Å². The predicted molar refractivity (Wildman–Crippen MR) is 114 cm³/mol. The second kappa shape index (κ2) is 8.56. The molecule has 0 fully saturated rings. The summed E-state index contributed by atoms with van der Waals surface area (Å²) in [5, 5.41) is 21.7. The minimum Gasteiger partial charge on any atom is -0.505 e. The molecule has 1 aromatic heterocycles. The number of phenolic OH excluding ortho intramolecular Hbond substituents is 1. The number of carboxylic acid groups (broad SMARTS) is 1. The first-order valence-corrected chi connectivity index (χ1v) is 9.81. The average molecular weight is 467 g/mol. The zero-order chi connectivity index (χ0) is 23.0. The van der Waals surface area contributed by atoms with Gasteiger partial charge in [-0.3, -0.25) is 19.0 Å². The van der Waals surface area contributed by atoms with Crippen molar-refractivity contribution in [3.63, 3.8) is 0 Å². The Balaban J connectivity index is 2.20. The average Bonchev–Trinajstić information content (AvgIpc) is 2.98. The Morgan fingerprint density at radius 1 is 1.16 bits per heavy atom. The number of carbonyl (C=O) groups is 3. The second-order valence-corrected chi connectivity index (χ2v) is 7.74. The molecule has 0 aliphatic rings. The highest BCUT2D eigenvalue weighted by molar-refractivity contribution is 6.42. The van der Waals surface area contributed by atoms with Crippen molar-refractivity contribution in [2.75, 3.05) is 6.54 Å². The Bertz CT molecular complexity index is 1240. The number of hydrogen-bond acceptors (Lipinski definition) is 4. The van der Waals surface area contributed by atoms with Gasteiger partial charge in [0.2, 0.25) is 5.91 Å². The maximum absolute atomic E-state index is 14.2. The summed E-state index contributed by atoms with van der Waals surface area (Å²) in [5.41, 5.74) is 0.991. The van der Waals surface area contributed by atoms with E-state index in [1.54, 1.807) is 6.92 Å². The fourth-order valence-corrected chi connectivity index (χ4v) is 3.76. The zero-order valence-electron chi connectivity index (χ0n) is 16.4. The Labute approximate surface area is 186 Å². The summed E-state index contributed by atoms with van der Waals surface area (Å²) < 4.78 is 15.4. The summed E-state index contributed by atoms with van der Waals surface area (Å²) in [5.74, 6) is -4.84. The number of halogens is 3. The van der Waals surface area contributed by atoms with Crippen LogP contribution in [0.1, 0.15) is 34.5 Å². The number of aromatic hydroxyl groups is 1. The summed E-state index contributed by atoms with van der Waals surface area (Å²) in [6.07, 6.45) is 0. The lowest BCUT2D eigenvalue weighted by Crippen LogP contribution is -2.32. The van der Waals surface area contributed by atoms with E-state index in [-0.39, 0.29) is 26.5 Å². The molecular weight excluding hydrogens is 450 g/mol. The minimum absolute atomic E-state index is 0.136. The summed E-state index contributed by atoms with van der Waals surface area (Å²) in [4.78, 5) is 36.5. The molecule has 2 aromatic carbocycles. The molecule has 3 N–H and O–H groups in total. The van der Waals surface area contributed by atoms with Gasteiger partial charge in [0.05, 0.1) is 21.5 Å². The number of nitrogens with one attached hydrogen (secondary N) is 1. The quantitative estimate of drug-likeness (QED) is 0.524. The Kier molecular flexibility index (Phi) is 6.24. The standard InChI is InChI=1S/C21H17Cl2FN2O5/c1-9(20(30)25-8-18(28)29)19-10(2)26(16-7-15(24)17(27)6-12(16)19)21(31)11-3-4-13(22)14(23)5-11/h3-7,9,27H,8H2,1-2H3,(H,25,30)(H,28,29). The van der Waals surface area contributed by atoms with Gasteiger partial charge >= 0.3 is 5.97 Å². The molecule has 31 heavy (non-hydrogen) atoms. The lowest BCUT2D eigenvalue weighted by molar-refractivity contribution is -0.138. The third-order valence-corrected chi connectivity index (χ3v) is 5.67. The molecule has 0 aliphatic carbocycles. The van der Waals surface area contributed by atoms with Gasteiger partial charge in [-0.25, -0.2) is 4.39 Å². The molecule has 0 bridgehead atoms. The molecule has 3 aromatic rings. The molecule has 1 amide bonds. The van der Waals surface area contributed by atoms with Crippen LogP contribution in [0.25, 0.3) is 10.9 Å².